The number of para-hydroxylation sites is 1. The van der Waals surface area contributed by atoms with Crippen LogP contribution in [-0.4, -0.2) is 25.1 Å². The Morgan fingerprint density at radius 1 is 0.923 bits per heavy atom. The summed E-state index contributed by atoms with van der Waals surface area (Å²) >= 11 is 0. The molecule has 0 unspecified atom stereocenters. The van der Waals surface area contributed by atoms with Crippen molar-refractivity contribution in [2.75, 3.05) is 24.9 Å². The highest BCUT2D eigenvalue weighted by molar-refractivity contribution is 6.04. The van der Waals surface area contributed by atoms with Crippen LogP contribution in [0.4, 0.5) is 17.1 Å². The van der Waals surface area contributed by atoms with Crippen LogP contribution in [0.2, 0.25) is 0 Å². The lowest BCUT2D eigenvalue weighted by Crippen LogP contribution is -2.14. The number of ether oxygens (including phenoxy) is 2. The molecule has 0 aliphatic carbocycles. The summed E-state index contributed by atoms with van der Waals surface area (Å²) in [7, 11) is 3.10. The van der Waals surface area contributed by atoms with Crippen molar-refractivity contribution >= 4 is 23.0 Å². The van der Waals surface area contributed by atoms with E-state index in [0.29, 0.717) is 17.2 Å². The van der Waals surface area contributed by atoms with Crippen LogP contribution in [0.5, 0.6) is 11.5 Å². The molecule has 0 saturated carbocycles. The van der Waals surface area contributed by atoms with Gasteiger partial charge in [0.1, 0.15) is 17.2 Å². The topological polar surface area (TPSA) is 72.5 Å². The third-order valence-corrected chi connectivity index (χ3v) is 3.71. The Morgan fingerprint density at radius 2 is 1.73 bits per heavy atom. The zero-order valence-corrected chi connectivity index (χ0v) is 14.5. The van der Waals surface area contributed by atoms with Crippen molar-refractivity contribution < 1.29 is 14.3 Å². The van der Waals surface area contributed by atoms with E-state index in [4.69, 9.17) is 9.47 Å². The molecule has 2 N–H and O–H groups in total. The number of benzene rings is 2. The van der Waals surface area contributed by atoms with E-state index in [-0.39, 0.29) is 11.6 Å². The zero-order chi connectivity index (χ0) is 18.4. The van der Waals surface area contributed by atoms with E-state index in [1.165, 1.54) is 0 Å². The second kappa shape index (κ2) is 8.02. The van der Waals surface area contributed by atoms with Crippen LogP contribution >= 0.6 is 0 Å². The first-order valence-electron chi connectivity index (χ1n) is 8.01. The standard InChI is InChI=1S/C20H19N3O3/c1-25-16-8-9-19(26-2)17(13-16)23-20(24)18-12-15(10-11-21-18)22-14-6-4-3-5-7-14/h3-13H,1-2H3,(H,21,22)(H,23,24). The molecule has 3 rings (SSSR count). The average Bonchev–Trinajstić information content (AvgIpc) is 2.69. The second-order valence-electron chi connectivity index (χ2n) is 5.44. The normalized spacial score (nSPS) is 10.1. The molecule has 1 aromatic heterocycles. The molecule has 132 valence electrons. The van der Waals surface area contributed by atoms with Crippen molar-refractivity contribution in [1.29, 1.82) is 0 Å². The molecule has 0 atom stereocenters. The molecule has 0 saturated heterocycles. The van der Waals surface area contributed by atoms with Gasteiger partial charge in [0.05, 0.1) is 19.9 Å². The molecule has 1 amide bonds. The molecular formula is C20H19N3O3. The van der Waals surface area contributed by atoms with Gasteiger partial charge in [-0.05, 0) is 36.4 Å². The van der Waals surface area contributed by atoms with Gasteiger partial charge in [0.2, 0.25) is 0 Å². The summed E-state index contributed by atoms with van der Waals surface area (Å²) in [6.45, 7) is 0. The smallest absolute Gasteiger partial charge is 0.274 e. The number of methoxy groups -OCH3 is 2. The SMILES string of the molecule is COc1ccc(OC)c(NC(=O)c2cc(Nc3ccccc3)ccn2)c1. The van der Waals surface area contributed by atoms with Crippen molar-refractivity contribution in [2.24, 2.45) is 0 Å². The van der Waals surface area contributed by atoms with Crippen molar-refractivity contribution in [1.82, 2.24) is 4.98 Å². The van der Waals surface area contributed by atoms with E-state index in [0.717, 1.165) is 11.4 Å². The maximum absolute atomic E-state index is 12.6. The van der Waals surface area contributed by atoms with Crippen LogP contribution in [0.3, 0.4) is 0 Å². The summed E-state index contributed by atoms with van der Waals surface area (Å²) in [6.07, 6.45) is 1.59. The molecule has 6 nitrogen and oxygen atoms in total. The van der Waals surface area contributed by atoms with E-state index in [1.807, 2.05) is 30.3 Å². The number of amides is 1. The number of nitrogens with one attached hydrogen (secondary N) is 2. The van der Waals surface area contributed by atoms with Gasteiger partial charge in [-0.1, -0.05) is 18.2 Å². The molecule has 3 aromatic rings. The lowest BCUT2D eigenvalue weighted by molar-refractivity contribution is 0.102. The van der Waals surface area contributed by atoms with Crippen molar-refractivity contribution in [3.63, 3.8) is 0 Å². The van der Waals surface area contributed by atoms with E-state index < -0.39 is 0 Å². The maximum Gasteiger partial charge on any atom is 0.274 e. The number of pyridine rings is 1. The van der Waals surface area contributed by atoms with Gasteiger partial charge >= 0.3 is 0 Å². The maximum atomic E-state index is 12.6. The minimum Gasteiger partial charge on any atom is -0.497 e. The Labute approximate surface area is 151 Å². The van der Waals surface area contributed by atoms with Gasteiger partial charge in [-0.2, -0.15) is 0 Å². The highest BCUT2D eigenvalue weighted by atomic mass is 16.5. The van der Waals surface area contributed by atoms with E-state index >= 15 is 0 Å². The number of hydrogen-bond acceptors (Lipinski definition) is 5. The van der Waals surface area contributed by atoms with Crippen molar-refractivity contribution in [3.8, 4) is 11.5 Å². The largest absolute Gasteiger partial charge is 0.497 e. The van der Waals surface area contributed by atoms with Gasteiger partial charge in [-0.15, -0.1) is 0 Å². The molecule has 0 aliphatic heterocycles. The average molecular weight is 349 g/mol. The predicted molar refractivity (Wildman–Crippen MR) is 101 cm³/mol. The minimum atomic E-state index is -0.340. The molecule has 0 fully saturated rings. The third-order valence-electron chi connectivity index (χ3n) is 3.71. The number of anilines is 3. The first kappa shape index (κ1) is 17.3. The summed E-state index contributed by atoms with van der Waals surface area (Å²) < 4.78 is 10.5. The molecule has 0 radical (unpaired) electrons. The Hall–Kier alpha value is -3.54. The highest BCUT2D eigenvalue weighted by Gasteiger charge is 2.12. The van der Waals surface area contributed by atoms with Crippen LogP contribution in [-0.2, 0) is 0 Å². The lowest BCUT2D eigenvalue weighted by Gasteiger charge is -2.12. The number of nitrogens with zero attached hydrogens (tertiary/aromatic N) is 1. The Morgan fingerprint density at radius 3 is 2.46 bits per heavy atom. The van der Waals surface area contributed by atoms with Crippen molar-refractivity contribution in [3.05, 3.63) is 72.6 Å². The van der Waals surface area contributed by atoms with Gasteiger partial charge in [-0.3, -0.25) is 9.78 Å². The number of rotatable bonds is 6. The first-order chi connectivity index (χ1) is 12.7. The van der Waals surface area contributed by atoms with E-state index in [9.17, 15) is 4.79 Å². The summed E-state index contributed by atoms with van der Waals surface area (Å²) in [5.74, 6) is 0.819. The zero-order valence-electron chi connectivity index (χ0n) is 14.5. The minimum absolute atomic E-state index is 0.288. The Balaban J connectivity index is 1.79. The predicted octanol–water partition coefficient (Wildman–Crippen LogP) is 4.09. The summed E-state index contributed by atoms with van der Waals surface area (Å²) in [5.41, 5.74) is 2.50. The van der Waals surface area contributed by atoms with Gasteiger partial charge < -0.3 is 20.1 Å². The van der Waals surface area contributed by atoms with Gasteiger partial charge in [0.25, 0.3) is 5.91 Å². The summed E-state index contributed by atoms with van der Waals surface area (Å²) in [6, 6.07) is 18.4. The fraction of sp³-hybridized carbons (Fsp3) is 0.100. The highest BCUT2D eigenvalue weighted by Crippen LogP contribution is 2.29. The molecule has 0 spiro atoms. The van der Waals surface area contributed by atoms with Gasteiger partial charge in [0.15, 0.2) is 0 Å². The monoisotopic (exact) mass is 349 g/mol. The van der Waals surface area contributed by atoms with Crippen LogP contribution in [0.1, 0.15) is 10.5 Å². The van der Waals surface area contributed by atoms with E-state index in [1.54, 1.807) is 50.7 Å². The third kappa shape index (κ3) is 4.10. The second-order valence-corrected chi connectivity index (χ2v) is 5.44. The lowest BCUT2D eigenvalue weighted by atomic mass is 10.2. The van der Waals surface area contributed by atoms with Crippen LogP contribution in [0.15, 0.2) is 66.9 Å². The van der Waals surface area contributed by atoms with E-state index in [2.05, 4.69) is 15.6 Å². The molecular weight excluding hydrogens is 330 g/mol. The van der Waals surface area contributed by atoms with Gasteiger partial charge in [0, 0.05) is 23.6 Å². The molecule has 6 heteroatoms. The van der Waals surface area contributed by atoms with Gasteiger partial charge in [-0.25, -0.2) is 0 Å². The fourth-order valence-electron chi connectivity index (χ4n) is 2.42. The molecule has 2 aromatic carbocycles. The van der Waals surface area contributed by atoms with Crippen LogP contribution in [0.25, 0.3) is 0 Å². The molecule has 0 aliphatic rings. The number of carbonyl (C=O) groups is 1. The fourth-order valence-corrected chi connectivity index (χ4v) is 2.42. The Bertz CT molecular complexity index is 898. The number of aromatic nitrogens is 1. The van der Waals surface area contributed by atoms with Crippen LogP contribution < -0.4 is 20.1 Å². The summed E-state index contributed by atoms with van der Waals surface area (Å²) in [5, 5.41) is 6.05. The summed E-state index contributed by atoms with van der Waals surface area (Å²) in [4.78, 5) is 16.7. The van der Waals surface area contributed by atoms with Crippen LogP contribution in [0, 0.1) is 0 Å². The molecule has 0 bridgehead atoms. The quantitative estimate of drug-likeness (QED) is 0.701. The first-order valence-corrected chi connectivity index (χ1v) is 8.01. The number of hydrogen-bond donors (Lipinski definition) is 2. The Kier molecular flexibility index (Phi) is 5.34. The molecule has 26 heavy (non-hydrogen) atoms. The van der Waals surface area contributed by atoms with Crippen molar-refractivity contribution in [2.45, 2.75) is 0 Å². The number of carbonyl (C=O) groups excluding carboxylic acids is 1. The molecule has 1 heterocycles.